The Morgan fingerprint density at radius 1 is 0.941 bits per heavy atom. The van der Waals surface area contributed by atoms with Crippen molar-refractivity contribution in [3.63, 3.8) is 0 Å². The summed E-state index contributed by atoms with van der Waals surface area (Å²) >= 11 is 3.61. The Morgan fingerprint density at radius 3 is 2.26 bits per heavy atom. The summed E-state index contributed by atoms with van der Waals surface area (Å²) in [6.07, 6.45) is 0. The number of nitrogens with one attached hydrogen (secondary N) is 2. The minimum absolute atomic E-state index is 0.0414. The number of nitrogens with zero attached hydrogens (tertiary/aromatic N) is 2. The van der Waals surface area contributed by atoms with E-state index in [2.05, 4.69) is 48.7 Å². The molecule has 0 atom stereocenters. The molecule has 7 heteroatoms. The van der Waals surface area contributed by atoms with Crippen LogP contribution in [0.5, 0.6) is 0 Å². The average Bonchev–Trinajstić information content (AvgIpc) is 3.24. The average molecular weight is 487 g/mol. The van der Waals surface area contributed by atoms with Crippen molar-refractivity contribution in [2.45, 2.75) is 29.1 Å². The number of amides is 2. The van der Waals surface area contributed by atoms with Crippen molar-refractivity contribution in [1.82, 2.24) is 9.78 Å². The molecule has 4 aromatic rings. The Labute approximate surface area is 208 Å². The number of rotatable bonds is 6. The van der Waals surface area contributed by atoms with E-state index < -0.39 is 0 Å². The van der Waals surface area contributed by atoms with Gasteiger partial charge in [0.1, 0.15) is 5.82 Å². The first-order valence-electron chi connectivity index (χ1n) is 11.1. The Kier molecular flexibility index (Phi) is 6.39. The maximum Gasteiger partial charge on any atom is 0.324 e. The van der Waals surface area contributed by atoms with Gasteiger partial charge in [-0.25, -0.2) is 9.48 Å². The Morgan fingerprint density at radius 2 is 1.62 bits per heavy atom. The van der Waals surface area contributed by atoms with Gasteiger partial charge in [0.05, 0.1) is 11.4 Å². The van der Waals surface area contributed by atoms with E-state index in [0.29, 0.717) is 5.82 Å². The Hall–Kier alpha value is -3.16. The predicted octanol–water partition coefficient (Wildman–Crippen LogP) is 6.98. The number of thioether (sulfide) groups is 1. The van der Waals surface area contributed by atoms with E-state index in [-0.39, 0.29) is 11.4 Å². The molecule has 5 rings (SSSR count). The molecule has 3 aromatic carbocycles. The number of anilines is 2. The fourth-order valence-electron chi connectivity index (χ4n) is 3.71. The van der Waals surface area contributed by atoms with Crippen molar-refractivity contribution in [3.05, 3.63) is 96.2 Å². The molecule has 172 valence electrons. The van der Waals surface area contributed by atoms with Gasteiger partial charge in [0.25, 0.3) is 0 Å². The molecule has 2 heterocycles. The summed E-state index contributed by atoms with van der Waals surface area (Å²) in [7, 11) is 0. The number of carbonyl (C=O) groups excluding carboxylic acids is 1. The fraction of sp³-hybridized carbons (Fsp3) is 0.185. The number of urea groups is 1. The van der Waals surface area contributed by atoms with Gasteiger partial charge in [-0.3, -0.25) is 5.32 Å². The smallest absolute Gasteiger partial charge is 0.308 e. The second-order valence-electron chi connectivity index (χ2n) is 8.73. The van der Waals surface area contributed by atoms with Crippen LogP contribution in [0.3, 0.4) is 0 Å². The maximum atomic E-state index is 12.9. The highest BCUT2D eigenvalue weighted by Gasteiger charge is 2.37. The molecule has 34 heavy (non-hydrogen) atoms. The van der Waals surface area contributed by atoms with E-state index in [1.54, 1.807) is 11.8 Å². The summed E-state index contributed by atoms with van der Waals surface area (Å²) in [6.45, 7) is 4.28. The van der Waals surface area contributed by atoms with Crippen LogP contribution in [0.15, 0.2) is 94.7 Å². The Bertz CT molecular complexity index is 1280. The van der Waals surface area contributed by atoms with E-state index in [0.717, 1.165) is 33.5 Å². The minimum atomic E-state index is -0.295. The zero-order chi connectivity index (χ0) is 23.5. The summed E-state index contributed by atoms with van der Waals surface area (Å²) in [6, 6.07) is 27.9. The van der Waals surface area contributed by atoms with Gasteiger partial charge < -0.3 is 5.32 Å². The predicted molar refractivity (Wildman–Crippen MR) is 143 cm³/mol. The molecule has 1 fully saturated rings. The van der Waals surface area contributed by atoms with Crippen molar-refractivity contribution in [1.29, 1.82) is 0 Å². The number of benzene rings is 3. The first kappa shape index (κ1) is 22.6. The molecule has 0 bridgehead atoms. The van der Waals surface area contributed by atoms with Crippen molar-refractivity contribution >= 4 is 41.1 Å². The number of hydrogen-bond acceptors (Lipinski definition) is 4. The van der Waals surface area contributed by atoms with Gasteiger partial charge in [-0.2, -0.15) is 16.9 Å². The van der Waals surface area contributed by atoms with Gasteiger partial charge in [0, 0.05) is 38.5 Å². The highest BCUT2D eigenvalue weighted by Crippen LogP contribution is 2.41. The summed E-state index contributed by atoms with van der Waals surface area (Å²) in [4.78, 5) is 15.2. The van der Waals surface area contributed by atoms with E-state index >= 15 is 0 Å². The van der Waals surface area contributed by atoms with Gasteiger partial charge >= 0.3 is 6.03 Å². The van der Waals surface area contributed by atoms with Gasteiger partial charge in [-0.05, 0) is 55.5 Å². The highest BCUT2D eigenvalue weighted by atomic mass is 32.2. The van der Waals surface area contributed by atoms with Crippen LogP contribution in [0.1, 0.15) is 18.2 Å². The largest absolute Gasteiger partial charge is 0.324 e. The molecule has 0 aliphatic carbocycles. The molecule has 1 aliphatic heterocycles. The summed E-state index contributed by atoms with van der Waals surface area (Å²) in [5, 5.41) is 10.8. The molecule has 2 N–H and O–H groups in total. The number of hydrogen-bond donors (Lipinski definition) is 2. The van der Waals surface area contributed by atoms with Crippen molar-refractivity contribution < 1.29 is 4.79 Å². The number of carbonyl (C=O) groups is 1. The third kappa shape index (κ3) is 5.00. The lowest BCUT2D eigenvalue weighted by Crippen LogP contribution is -2.37. The van der Waals surface area contributed by atoms with Crippen molar-refractivity contribution in [2.24, 2.45) is 0 Å². The second-order valence-corrected chi connectivity index (χ2v) is 10.9. The topological polar surface area (TPSA) is 59.0 Å². The van der Waals surface area contributed by atoms with E-state index in [4.69, 9.17) is 5.10 Å². The van der Waals surface area contributed by atoms with Gasteiger partial charge in [-0.1, -0.05) is 54.6 Å². The molecular weight excluding hydrogens is 460 g/mol. The van der Waals surface area contributed by atoms with Gasteiger partial charge in [-0.15, -0.1) is 0 Å². The molecule has 1 saturated heterocycles. The number of aryl methyl sites for hydroxylation is 1. The standard InChI is InChI=1S/C27H26N4OS2/c1-19-8-12-21(13-9-19)31-25(16-24(30-31)27(2)17-33-18-27)29-26(32)28-20-10-14-23(15-11-20)34-22-6-4-3-5-7-22/h3-16H,17-18H2,1-2H3,(H2,28,29,32). The zero-order valence-corrected chi connectivity index (χ0v) is 20.7. The quantitative estimate of drug-likeness (QED) is 0.309. The van der Waals surface area contributed by atoms with Crippen LogP contribution in [-0.2, 0) is 5.41 Å². The lowest BCUT2D eigenvalue weighted by molar-refractivity contribution is 0.262. The van der Waals surface area contributed by atoms with Gasteiger partial charge in [0.2, 0.25) is 0 Å². The van der Waals surface area contributed by atoms with Crippen LogP contribution in [0.2, 0.25) is 0 Å². The summed E-state index contributed by atoms with van der Waals surface area (Å²) in [5.74, 6) is 2.74. The fourth-order valence-corrected chi connectivity index (χ4v) is 5.66. The highest BCUT2D eigenvalue weighted by molar-refractivity contribution is 8.00. The molecule has 1 aromatic heterocycles. The normalized spacial score (nSPS) is 14.3. The second kappa shape index (κ2) is 9.60. The lowest BCUT2D eigenvalue weighted by Gasteiger charge is -2.35. The van der Waals surface area contributed by atoms with Crippen LogP contribution >= 0.6 is 23.5 Å². The monoisotopic (exact) mass is 486 g/mol. The molecule has 5 nitrogen and oxygen atoms in total. The summed E-state index contributed by atoms with van der Waals surface area (Å²) in [5.41, 5.74) is 3.88. The maximum absolute atomic E-state index is 12.9. The van der Waals surface area contributed by atoms with Crippen molar-refractivity contribution in [2.75, 3.05) is 22.1 Å². The minimum Gasteiger partial charge on any atom is -0.308 e. The molecular formula is C27H26N4OS2. The molecule has 0 spiro atoms. The third-order valence-corrected chi connectivity index (χ3v) is 8.48. The van der Waals surface area contributed by atoms with E-state index in [9.17, 15) is 4.79 Å². The summed E-state index contributed by atoms with van der Waals surface area (Å²) < 4.78 is 1.82. The number of aromatic nitrogens is 2. The molecule has 2 amide bonds. The van der Waals surface area contributed by atoms with Crippen LogP contribution < -0.4 is 10.6 Å². The van der Waals surface area contributed by atoms with Crippen LogP contribution in [-0.4, -0.2) is 27.3 Å². The zero-order valence-electron chi connectivity index (χ0n) is 19.1. The van der Waals surface area contributed by atoms with Gasteiger partial charge in [0.15, 0.2) is 0 Å². The first-order chi connectivity index (χ1) is 16.5. The van der Waals surface area contributed by atoms with Crippen LogP contribution in [0, 0.1) is 6.92 Å². The molecule has 0 radical (unpaired) electrons. The Balaban J connectivity index is 1.31. The third-order valence-electron chi connectivity index (χ3n) is 5.78. The SMILES string of the molecule is Cc1ccc(-n2nc(C3(C)CSC3)cc2NC(=O)Nc2ccc(Sc3ccccc3)cc2)cc1. The van der Waals surface area contributed by atoms with E-state index in [1.165, 1.54) is 10.5 Å². The first-order valence-corrected chi connectivity index (χ1v) is 13.1. The lowest BCUT2D eigenvalue weighted by atomic mass is 9.91. The molecule has 1 aliphatic rings. The van der Waals surface area contributed by atoms with E-state index in [1.807, 2.05) is 77.1 Å². The van der Waals surface area contributed by atoms with Crippen LogP contribution in [0.25, 0.3) is 5.69 Å². The van der Waals surface area contributed by atoms with Crippen LogP contribution in [0.4, 0.5) is 16.3 Å². The van der Waals surface area contributed by atoms with Crippen molar-refractivity contribution in [3.8, 4) is 5.69 Å². The molecule has 0 unspecified atom stereocenters. The molecule has 0 saturated carbocycles.